The fraction of sp³-hybridized carbons (Fsp3) is 0.550. The molecule has 4 rings (SSSR count). The van der Waals surface area contributed by atoms with E-state index < -0.39 is 0 Å². The summed E-state index contributed by atoms with van der Waals surface area (Å²) in [4.78, 5) is 15.8. The first-order valence-corrected chi connectivity index (χ1v) is 9.56. The zero-order valence-corrected chi connectivity index (χ0v) is 16.9. The molecule has 1 aliphatic heterocycles. The van der Waals surface area contributed by atoms with E-state index >= 15 is 0 Å². The Hall–Kier alpha value is -2.45. The van der Waals surface area contributed by atoms with E-state index in [2.05, 4.69) is 10.3 Å². The van der Waals surface area contributed by atoms with Gasteiger partial charge in [0.05, 0.1) is 26.0 Å². The third-order valence-electron chi connectivity index (χ3n) is 5.54. The van der Waals surface area contributed by atoms with E-state index in [1.54, 1.807) is 23.7 Å². The maximum Gasteiger partial charge on any atom is 0.253 e. The van der Waals surface area contributed by atoms with Crippen LogP contribution in [-0.2, 0) is 16.0 Å². The fourth-order valence-corrected chi connectivity index (χ4v) is 3.37. The van der Waals surface area contributed by atoms with Crippen LogP contribution in [0.4, 0.5) is 11.5 Å². The Morgan fingerprint density at radius 3 is 2.61 bits per heavy atom. The van der Waals surface area contributed by atoms with E-state index in [-0.39, 0.29) is 17.6 Å². The van der Waals surface area contributed by atoms with Crippen LogP contribution in [0.2, 0.25) is 0 Å². The second-order valence-electron chi connectivity index (χ2n) is 8.11. The van der Waals surface area contributed by atoms with Crippen LogP contribution >= 0.6 is 0 Å². The summed E-state index contributed by atoms with van der Waals surface area (Å²) in [5.74, 6) is 0.672. The van der Waals surface area contributed by atoms with Gasteiger partial charge in [-0.05, 0) is 37.5 Å². The van der Waals surface area contributed by atoms with Crippen LogP contribution < -0.4 is 4.90 Å². The van der Waals surface area contributed by atoms with Crippen LogP contribution in [0.1, 0.15) is 28.8 Å². The lowest BCUT2D eigenvalue weighted by atomic mass is 10.1. The molecule has 0 unspecified atom stereocenters. The van der Waals surface area contributed by atoms with Crippen LogP contribution in [-0.4, -0.2) is 66.4 Å². The third kappa shape index (κ3) is 3.74. The number of hydrogen-bond donors (Lipinski definition) is 0. The second kappa shape index (κ2) is 7.18. The number of rotatable bonds is 5. The molecule has 1 spiro atoms. The minimum atomic E-state index is -0.283. The minimum absolute atomic E-state index is 0.0293. The molecule has 0 N–H and O–H groups in total. The summed E-state index contributed by atoms with van der Waals surface area (Å²) < 4.78 is 13.4. The molecule has 1 aliphatic carbocycles. The lowest BCUT2D eigenvalue weighted by Crippen LogP contribution is -2.36. The Morgan fingerprint density at radius 1 is 1.25 bits per heavy atom. The second-order valence-corrected chi connectivity index (χ2v) is 8.11. The standard InChI is InChI=1S/C20H27N5O3/c1-14-5-6-15(19(26)23(2)3)9-16(14)24(4)17-10-25(22-21-17)11-18-27-12-20(7-8-20)13-28-18/h5-6,9-10,18H,7-8,11-13H2,1-4H3. The predicted octanol–water partition coefficient (Wildman–Crippen LogP) is 2.21. The average molecular weight is 385 g/mol. The van der Waals surface area contributed by atoms with E-state index in [1.807, 2.05) is 43.3 Å². The zero-order chi connectivity index (χ0) is 19.9. The van der Waals surface area contributed by atoms with E-state index in [4.69, 9.17) is 9.47 Å². The molecule has 1 saturated heterocycles. The highest BCUT2D eigenvalue weighted by Crippen LogP contribution is 2.48. The molecule has 2 aromatic rings. The highest BCUT2D eigenvalue weighted by Gasteiger charge is 2.46. The number of aryl methyl sites for hydroxylation is 1. The molecule has 2 heterocycles. The first kappa shape index (κ1) is 18.9. The number of carbonyl (C=O) groups excluding carboxylic acids is 1. The van der Waals surface area contributed by atoms with Crippen LogP contribution in [0, 0.1) is 12.3 Å². The molecule has 0 bridgehead atoms. The van der Waals surface area contributed by atoms with Gasteiger partial charge in [0.1, 0.15) is 0 Å². The molecule has 8 heteroatoms. The summed E-state index contributed by atoms with van der Waals surface area (Å²) >= 11 is 0. The maximum atomic E-state index is 12.3. The third-order valence-corrected chi connectivity index (χ3v) is 5.54. The molecule has 1 aromatic carbocycles. The monoisotopic (exact) mass is 385 g/mol. The molecular weight excluding hydrogens is 358 g/mol. The van der Waals surface area contributed by atoms with E-state index in [0.717, 1.165) is 24.5 Å². The molecule has 1 aromatic heterocycles. The number of nitrogens with zero attached hydrogens (tertiary/aromatic N) is 5. The predicted molar refractivity (Wildman–Crippen MR) is 105 cm³/mol. The smallest absolute Gasteiger partial charge is 0.253 e. The van der Waals surface area contributed by atoms with Crippen molar-refractivity contribution in [2.45, 2.75) is 32.6 Å². The number of anilines is 2. The maximum absolute atomic E-state index is 12.3. The molecule has 28 heavy (non-hydrogen) atoms. The Labute approximate surface area is 165 Å². The van der Waals surface area contributed by atoms with Crippen molar-refractivity contribution in [3.05, 3.63) is 35.5 Å². The summed E-state index contributed by atoms with van der Waals surface area (Å²) in [5, 5.41) is 8.50. The van der Waals surface area contributed by atoms with Crippen molar-refractivity contribution < 1.29 is 14.3 Å². The van der Waals surface area contributed by atoms with Gasteiger partial charge in [-0.15, -0.1) is 5.10 Å². The van der Waals surface area contributed by atoms with E-state index in [0.29, 0.717) is 17.9 Å². The first-order valence-electron chi connectivity index (χ1n) is 9.56. The summed E-state index contributed by atoms with van der Waals surface area (Å²) in [7, 11) is 5.42. The normalized spacial score (nSPS) is 18.3. The topological polar surface area (TPSA) is 72.7 Å². The van der Waals surface area contributed by atoms with Gasteiger partial charge in [0, 0.05) is 37.8 Å². The van der Waals surface area contributed by atoms with Gasteiger partial charge in [0.25, 0.3) is 5.91 Å². The molecule has 0 atom stereocenters. The van der Waals surface area contributed by atoms with Gasteiger partial charge in [-0.25, -0.2) is 4.68 Å². The number of carbonyl (C=O) groups is 1. The molecular formula is C20H27N5O3. The largest absolute Gasteiger partial charge is 0.350 e. The van der Waals surface area contributed by atoms with Crippen molar-refractivity contribution in [1.29, 1.82) is 0 Å². The first-order chi connectivity index (χ1) is 13.4. The SMILES string of the molecule is Cc1ccc(C(=O)N(C)C)cc1N(C)c1cn(CC2OCC3(CC3)CO2)nn1. The van der Waals surface area contributed by atoms with E-state index in [9.17, 15) is 4.79 Å². The van der Waals surface area contributed by atoms with Crippen LogP contribution in [0.25, 0.3) is 0 Å². The Kier molecular flexibility index (Phi) is 4.84. The lowest BCUT2D eigenvalue weighted by molar-refractivity contribution is -0.213. The van der Waals surface area contributed by atoms with Crippen molar-refractivity contribution in [2.75, 3.05) is 39.3 Å². The molecule has 1 amide bonds. The van der Waals surface area contributed by atoms with Crippen LogP contribution in [0.5, 0.6) is 0 Å². The molecule has 8 nitrogen and oxygen atoms in total. The number of hydrogen-bond acceptors (Lipinski definition) is 6. The molecule has 2 aliphatic rings. The van der Waals surface area contributed by atoms with Crippen molar-refractivity contribution in [2.24, 2.45) is 5.41 Å². The summed E-state index contributed by atoms with van der Waals surface area (Å²) in [6, 6.07) is 5.68. The summed E-state index contributed by atoms with van der Waals surface area (Å²) in [6.45, 7) is 4.06. The number of aromatic nitrogens is 3. The number of ether oxygens (including phenoxy) is 2. The molecule has 1 saturated carbocycles. The van der Waals surface area contributed by atoms with Crippen molar-refractivity contribution >= 4 is 17.4 Å². The van der Waals surface area contributed by atoms with E-state index in [1.165, 1.54) is 12.8 Å². The van der Waals surface area contributed by atoms with Gasteiger partial charge >= 0.3 is 0 Å². The van der Waals surface area contributed by atoms with Crippen molar-refractivity contribution in [3.63, 3.8) is 0 Å². The van der Waals surface area contributed by atoms with Crippen LogP contribution in [0.3, 0.4) is 0 Å². The molecule has 2 fully saturated rings. The van der Waals surface area contributed by atoms with Gasteiger partial charge in [-0.1, -0.05) is 11.3 Å². The Morgan fingerprint density at radius 2 is 1.96 bits per heavy atom. The lowest BCUT2D eigenvalue weighted by Gasteiger charge is -2.29. The number of benzene rings is 1. The van der Waals surface area contributed by atoms with Gasteiger partial charge in [-0.2, -0.15) is 0 Å². The van der Waals surface area contributed by atoms with Gasteiger partial charge in [0.15, 0.2) is 12.1 Å². The van der Waals surface area contributed by atoms with Gasteiger partial charge in [0.2, 0.25) is 0 Å². The average Bonchev–Trinajstić information content (AvgIpc) is 3.28. The van der Waals surface area contributed by atoms with Crippen LogP contribution in [0.15, 0.2) is 24.4 Å². The van der Waals surface area contributed by atoms with Gasteiger partial charge in [-0.3, -0.25) is 4.79 Å². The summed E-state index contributed by atoms with van der Waals surface area (Å²) in [5.41, 5.74) is 2.90. The fourth-order valence-electron chi connectivity index (χ4n) is 3.37. The quantitative estimate of drug-likeness (QED) is 0.786. The minimum Gasteiger partial charge on any atom is -0.350 e. The molecule has 0 radical (unpaired) electrons. The highest BCUT2D eigenvalue weighted by molar-refractivity contribution is 5.95. The Bertz CT molecular complexity index is 864. The summed E-state index contributed by atoms with van der Waals surface area (Å²) in [6.07, 6.45) is 3.99. The molecule has 150 valence electrons. The van der Waals surface area contributed by atoms with Crippen molar-refractivity contribution in [1.82, 2.24) is 19.9 Å². The Balaban J connectivity index is 1.46. The zero-order valence-electron chi connectivity index (χ0n) is 16.9. The number of amides is 1. The highest BCUT2D eigenvalue weighted by atomic mass is 16.7. The van der Waals surface area contributed by atoms with Crippen molar-refractivity contribution in [3.8, 4) is 0 Å². The van der Waals surface area contributed by atoms with Gasteiger partial charge < -0.3 is 19.3 Å².